The molecule has 1 aliphatic heterocycles. The highest BCUT2D eigenvalue weighted by molar-refractivity contribution is 5.96. The van der Waals surface area contributed by atoms with Gasteiger partial charge in [0.2, 0.25) is 5.95 Å². The van der Waals surface area contributed by atoms with Gasteiger partial charge >= 0.3 is 0 Å². The third kappa shape index (κ3) is 4.75. The number of carbonyl (C=O) groups excluding carboxylic acids is 2. The number of anilines is 3. The highest BCUT2D eigenvalue weighted by atomic mass is 16.2. The van der Waals surface area contributed by atoms with Gasteiger partial charge in [-0.2, -0.15) is 10.1 Å². The molecule has 3 aromatic heterocycles. The van der Waals surface area contributed by atoms with Crippen molar-refractivity contribution < 1.29 is 9.59 Å². The normalized spacial score (nSPS) is 20.5. The molecule has 37 heavy (non-hydrogen) atoms. The lowest BCUT2D eigenvalue weighted by Crippen LogP contribution is -2.54. The fraction of sp³-hybridized carbons (Fsp3) is 0.520. The van der Waals surface area contributed by atoms with Gasteiger partial charge in [0.1, 0.15) is 5.69 Å². The second kappa shape index (κ2) is 9.16. The summed E-state index contributed by atoms with van der Waals surface area (Å²) in [6.45, 7) is 7.26. The molecule has 2 aliphatic rings. The summed E-state index contributed by atoms with van der Waals surface area (Å²) in [6.07, 6.45) is 7.01. The molecule has 196 valence electrons. The average Bonchev–Trinajstić information content (AvgIpc) is 3.47. The van der Waals surface area contributed by atoms with Crippen LogP contribution in [-0.4, -0.2) is 60.0 Å². The number of piperidine rings is 1. The quantitative estimate of drug-likeness (QED) is 0.457. The van der Waals surface area contributed by atoms with Crippen molar-refractivity contribution >= 4 is 29.3 Å². The van der Waals surface area contributed by atoms with Crippen LogP contribution in [0.5, 0.6) is 0 Å². The van der Waals surface area contributed by atoms with Crippen LogP contribution in [0.3, 0.4) is 0 Å². The van der Waals surface area contributed by atoms with Crippen molar-refractivity contribution in [3.63, 3.8) is 0 Å². The Morgan fingerprint density at radius 3 is 2.65 bits per heavy atom. The Kier molecular flexibility index (Phi) is 6.12. The van der Waals surface area contributed by atoms with Gasteiger partial charge in [-0.3, -0.25) is 14.3 Å². The number of aromatic nitrogens is 6. The van der Waals surface area contributed by atoms with Gasteiger partial charge < -0.3 is 25.8 Å². The van der Waals surface area contributed by atoms with E-state index in [4.69, 9.17) is 5.73 Å². The molecule has 1 fully saturated rings. The van der Waals surface area contributed by atoms with Crippen molar-refractivity contribution in [1.29, 1.82) is 0 Å². The van der Waals surface area contributed by atoms with E-state index in [2.05, 4.69) is 44.8 Å². The molecule has 4 heterocycles. The summed E-state index contributed by atoms with van der Waals surface area (Å²) in [5.41, 5.74) is 9.54. The summed E-state index contributed by atoms with van der Waals surface area (Å²) >= 11 is 0. The number of amides is 2. The van der Waals surface area contributed by atoms with E-state index >= 15 is 0 Å². The molecular weight excluding hydrogens is 472 g/mol. The van der Waals surface area contributed by atoms with Crippen molar-refractivity contribution in [1.82, 2.24) is 34.8 Å². The second-order valence-electron chi connectivity index (χ2n) is 10.9. The number of primary amides is 1. The third-order valence-electron chi connectivity index (χ3n) is 7.43. The largest absolute Gasteiger partial charge is 0.364 e. The summed E-state index contributed by atoms with van der Waals surface area (Å²) in [5.74, 6) is -0.226. The Balaban J connectivity index is 1.34. The maximum Gasteiger partial charge on any atom is 0.273 e. The lowest BCUT2D eigenvalue weighted by molar-refractivity contribution is 0.0914. The van der Waals surface area contributed by atoms with E-state index in [0.29, 0.717) is 23.9 Å². The van der Waals surface area contributed by atoms with Gasteiger partial charge in [0.25, 0.3) is 11.8 Å². The first kappa shape index (κ1) is 24.7. The van der Waals surface area contributed by atoms with Crippen LogP contribution in [0, 0.1) is 5.41 Å². The van der Waals surface area contributed by atoms with Crippen molar-refractivity contribution in [2.24, 2.45) is 25.2 Å². The van der Waals surface area contributed by atoms with Crippen LogP contribution in [-0.2, 0) is 26.9 Å². The van der Waals surface area contributed by atoms with Crippen LogP contribution in [0.1, 0.15) is 65.8 Å². The maximum absolute atomic E-state index is 13.3. The van der Waals surface area contributed by atoms with E-state index in [-0.39, 0.29) is 34.9 Å². The molecule has 0 unspecified atom stereocenters. The highest BCUT2D eigenvalue weighted by Crippen LogP contribution is 2.37. The van der Waals surface area contributed by atoms with E-state index < -0.39 is 5.91 Å². The summed E-state index contributed by atoms with van der Waals surface area (Å²) in [4.78, 5) is 31.9. The van der Waals surface area contributed by atoms with Gasteiger partial charge in [-0.05, 0) is 49.7 Å². The summed E-state index contributed by atoms with van der Waals surface area (Å²) in [5, 5.41) is 18.7. The van der Waals surface area contributed by atoms with Gasteiger partial charge in [0.05, 0.1) is 11.9 Å². The lowest BCUT2D eigenvalue weighted by atomic mass is 9.90. The second-order valence-corrected chi connectivity index (χ2v) is 10.9. The first-order valence-electron chi connectivity index (χ1n) is 12.6. The number of fused-ring (bicyclic) bond motifs is 1. The number of hydrogen-bond donors (Lipinski definition) is 3. The molecule has 5 rings (SSSR count). The number of nitrogens with two attached hydrogens (primary N) is 1. The molecule has 4 N–H and O–H groups in total. The Morgan fingerprint density at radius 2 is 1.97 bits per heavy atom. The number of rotatable bonds is 6. The zero-order chi connectivity index (χ0) is 26.5. The SMILES string of the molecule is C[C@@H]1[C@H](NC(=O)c2cc3c(n2C)CC(C)(C)C3)CCCN1c1nnc(C(N)=O)c(Nc2cnn(C)c2)n1. The molecule has 1 saturated heterocycles. The highest BCUT2D eigenvalue weighted by Gasteiger charge is 2.35. The van der Waals surface area contributed by atoms with Crippen molar-refractivity contribution in [3.05, 3.63) is 41.1 Å². The van der Waals surface area contributed by atoms with E-state index in [9.17, 15) is 9.59 Å². The molecule has 0 aromatic carbocycles. The van der Waals surface area contributed by atoms with Crippen molar-refractivity contribution in [2.45, 2.75) is 58.5 Å². The van der Waals surface area contributed by atoms with Crippen LogP contribution < -0.4 is 21.3 Å². The molecule has 1 aliphatic carbocycles. The van der Waals surface area contributed by atoms with Gasteiger partial charge in [-0.15, -0.1) is 10.2 Å². The van der Waals surface area contributed by atoms with E-state index in [1.54, 1.807) is 24.1 Å². The zero-order valence-electron chi connectivity index (χ0n) is 21.9. The molecular formula is C25H34N10O2. The summed E-state index contributed by atoms with van der Waals surface area (Å²) < 4.78 is 3.67. The first-order chi connectivity index (χ1) is 17.5. The number of nitrogens with zero attached hydrogens (tertiary/aromatic N) is 7. The number of aryl methyl sites for hydroxylation is 1. The monoisotopic (exact) mass is 506 g/mol. The third-order valence-corrected chi connectivity index (χ3v) is 7.43. The van der Waals surface area contributed by atoms with Crippen LogP contribution in [0.4, 0.5) is 17.5 Å². The minimum atomic E-state index is -0.729. The predicted molar refractivity (Wildman–Crippen MR) is 139 cm³/mol. The van der Waals surface area contributed by atoms with Crippen molar-refractivity contribution in [3.8, 4) is 0 Å². The Labute approximate surface area is 215 Å². The van der Waals surface area contributed by atoms with Crippen LogP contribution in [0.15, 0.2) is 18.5 Å². The van der Waals surface area contributed by atoms with Crippen LogP contribution in [0.2, 0.25) is 0 Å². The Morgan fingerprint density at radius 1 is 1.19 bits per heavy atom. The van der Waals surface area contributed by atoms with Gasteiger partial charge in [0.15, 0.2) is 11.5 Å². The van der Waals surface area contributed by atoms with E-state index in [1.165, 1.54) is 11.3 Å². The van der Waals surface area contributed by atoms with Crippen LogP contribution in [0.25, 0.3) is 0 Å². The standard InChI is InChI=1S/C25H34N10O2/c1-14-17(29-23(37)18-9-15-10-25(2,3)11-19(15)34(18)5)7-6-8-35(14)24-30-22(20(21(26)36)31-32-24)28-16-12-27-33(4)13-16/h9,12-14,17H,6-8,10-11H2,1-5H3,(H2,26,36)(H,29,37)(H,28,30,32)/t14-,17-/m1/s1. The molecule has 2 atom stereocenters. The lowest BCUT2D eigenvalue weighted by Gasteiger charge is -2.39. The molecule has 0 saturated carbocycles. The number of carbonyl (C=O) groups is 2. The minimum absolute atomic E-state index is 0.0537. The molecule has 12 heteroatoms. The first-order valence-corrected chi connectivity index (χ1v) is 12.6. The fourth-order valence-electron chi connectivity index (χ4n) is 5.52. The average molecular weight is 507 g/mol. The number of hydrogen-bond acceptors (Lipinski definition) is 8. The summed E-state index contributed by atoms with van der Waals surface area (Å²) in [7, 11) is 3.76. The molecule has 2 amide bonds. The fourth-order valence-corrected chi connectivity index (χ4v) is 5.52. The van der Waals surface area contributed by atoms with Gasteiger partial charge in [-0.25, -0.2) is 0 Å². The van der Waals surface area contributed by atoms with E-state index in [0.717, 1.165) is 25.7 Å². The van der Waals surface area contributed by atoms with Gasteiger partial charge in [-0.1, -0.05) is 13.8 Å². The Bertz CT molecular complexity index is 1360. The number of nitrogens with one attached hydrogen (secondary N) is 2. The summed E-state index contributed by atoms with van der Waals surface area (Å²) in [6, 6.07) is 1.85. The molecule has 3 aromatic rings. The molecule has 0 radical (unpaired) electrons. The molecule has 0 spiro atoms. The topological polar surface area (TPSA) is 149 Å². The smallest absolute Gasteiger partial charge is 0.273 e. The van der Waals surface area contributed by atoms with E-state index in [1.807, 2.05) is 29.5 Å². The van der Waals surface area contributed by atoms with Crippen molar-refractivity contribution in [2.75, 3.05) is 16.8 Å². The van der Waals surface area contributed by atoms with Gasteiger partial charge in [0, 0.05) is 44.6 Å². The molecule has 0 bridgehead atoms. The van der Waals surface area contributed by atoms with Crippen LogP contribution >= 0.6 is 0 Å². The predicted octanol–water partition coefficient (Wildman–Crippen LogP) is 1.70. The zero-order valence-corrected chi connectivity index (χ0v) is 21.9. The molecule has 12 nitrogen and oxygen atoms in total. The maximum atomic E-state index is 13.3. The Hall–Kier alpha value is -3.96. The minimum Gasteiger partial charge on any atom is -0.364 e.